The Morgan fingerprint density at radius 3 is 2.45 bits per heavy atom. The predicted octanol–water partition coefficient (Wildman–Crippen LogP) is 4.06. The van der Waals surface area contributed by atoms with Crippen molar-refractivity contribution in [1.29, 1.82) is 0 Å². The molecule has 0 spiro atoms. The SMILES string of the molecule is CCNC(=NCc1nc(C(F)(F)F)cs1)N1CCN(Cc2ccccc2)CC1.I. The van der Waals surface area contributed by atoms with Crippen LogP contribution in [0.2, 0.25) is 0 Å². The predicted molar refractivity (Wildman–Crippen MR) is 121 cm³/mol. The maximum absolute atomic E-state index is 12.7. The van der Waals surface area contributed by atoms with Gasteiger partial charge in [0.05, 0.1) is 6.54 Å². The third kappa shape index (κ3) is 7.10. The summed E-state index contributed by atoms with van der Waals surface area (Å²) < 4.78 is 38.1. The molecule has 2 heterocycles. The average Bonchev–Trinajstić information content (AvgIpc) is 3.16. The lowest BCUT2D eigenvalue weighted by Crippen LogP contribution is -2.52. The molecular weight excluding hydrogens is 514 g/mol. The fourth-order valence-electron chi connectivity index (χ4n) is 3.04. The second kappa shape index (κ2) is 11.1. The van der Waals surface area contributed by atoms with Crippen molar-refractivity contribution in [3.05, 3.63) is 52.0 Å². The number of guanidine groups is 1. The molecule has 1 saturated heterocycles. The Morgan fingerprint density at radius 1 is 1.17 bits per heavy atom. The van der Waals surface area contributed by atoms with Gasteiger partial charge in [-0.2, -0.15) is 13.2 Å². The van der Waals surface area contributed by atoms with Gasteiger partial charge in [0.2, 0.25) is 0 Å². The Bertz CT molecular complexity index is 774. The normalized spacial score (nSPS) is 15.9. The smallest absolute Gasteiger partial charge is 0.357 e. The average molecular weight is 539 g/mol. The second-order valence-electron chi connectivity index (χ2n) is 6.54. The molecule has 3 rings (SSSR count). The molecule has 1 aliphatic heterocycles. The van der Waals surface area contributed by atoms with Crippen LogP contribution in [0.3, 0.4) is 0 Å². The van der Waals surface area contributed by atoms with Crippen molar-refractivity contribution in [2.75, 3.05) is 32.7 Å². The highest BCUT2D eigenvalue weighted by molar-refractivity contribution is 14.0. The number of rotatable bonds is 5. The molecule has 1 aliphatic rings. The van der Waals surface area contributed by atoms with E-state index in [1.165, 1.54) is 5.56 Å². The van der Waals surface area contributed by atoms with Crippen LogP contribution in [0.15, 0.2) is 40.7 Å². The maximum atomic E-state index is 12.7. The number of thiazole rings is 1. The van der Waals surface area contributed by atoms with Crippen molar-refractivity contribution in [3.8, 4) is 0 Å². The standard InChI is InChI=1S/C19H24F3N5S.HI/c1-2-23-18(24-12-17-25-16(14-28-17)19(20,21)22)27-10-8-26(9-11-27)13-15-6-4-3-5-7-15;/h3-7,14H,2,8-13H2,1H3,(H,23,24);1H. The monoisotopic (exact) mass is 539 g/mol. The molecule has 0 atom stereocenters. The molecule has 0 bridgehead atoms. The summed E-state index contributed by atoms with van der Waals surface area (Å²) in [6.07, 6.45) is -4.40. The van der Waals surface area contributed by atoms with Crippen LogP contribution in [0.4, 0.5) is 13.2 Å². The Morgan fingerprint density at radius 2 is 1.86 bits per heavy atom. The van der Waals surface area contributed by atoms with Gasteiger partial charge in [-0.05, 0) is 12.5 Å². The molecule has 0 aliphatic carbocycles. The second-order valence-corrected chi connectivity index (χ2v) is 7.49. The first kappa shape index (κ1) is 23.9. The topological polar surface area (TPSA) is 43.8 Å². The number of hydrogen-bond donors (Lipinski definition) is 1. The van der Waals surface area contributed by atoms with E-state index in [1.807, 2.05) is 25.1 Å². The first-order valence-corrected chi connectivity index (χ1v) is 10.1. The molecule has 29 heavy (non-hydrogen) atoms. The van der Waals surface area contributed by atoms with Crippen LogP contribution in [0.5, 0.6) is 0 Å². The lowest BCUT2D eigenvalue weighted by atomic mass is 10.2. The van der Waals surface area contributed by atoms with Crippen LogP contribution in [0.1, 0.15) is 23.2 Å². The summed E-state index contributed by atoms with van der Waals surface area (Å²) in [5, 5.41) is 4.64. The Balaban J connectivity index is 0.00000300. The van der Waals surface area contributed by atoms with E-state index < -0.39 is 11.9 Å². The molecule has 0 radical (unpaired) electrons. The zero-order valence-corrected chi connectivity index (χ0v) is 19.3. The van der Waals surface area contributed by atoms with E-state index in [-0.39, 0.29) is 30.5 Å². The Hall–Kier alpha value is -1.40. The van der Waals surface area contributed by atoms with Crippen LogP contribution >= 0.6 is 35.3 Å². The molecule has 0 amide bonds. The van der Waals surface area contributed by atoms with E-state index in [2.05, 4.69) is 37.2 Å². The molecule has 2 aromatic rings. The highest BCUT2D eigenvalue weighted by Gasteiger charge is 2.33. The van der Waals surface area contributed by atoms with Crippen molar-refractivity contribution in [2.24, 2.45) is 4.99 Å². The van der Waals surface area contributed by atoms with Gasteiger partial charge in [0, 0.05) is 44.6 Å². The highest BCUT2D eigenvalue weighted by atomic mass is 127. The molecule has 0 unspecified atom stereocenters. The van der Waals surface area contributed by atoms with E-state index in [0.717, 1.165) is 55.4 Å². The first-order valence-electron chi connectivity index (χ1n) is 9.27. The molecule has 1 aromatic heterocycles. The number of piperazine rings is 1. The number of hydrogen-bond acceptors (Lipinski definition) is 4. The van der Waals surface area contributed by atoms with Crippen molar-refractivity contribution in [2.45, 2.75) is 26.2 Å². The van der Waals surface area contributed by atoms with Crippen molar-refractivity contribution < 1.29 is 13.2 Å². The molecule has 10 heteroatoms. The molecule has 5 nitrogen and oxygen atoms in total. The van der Waals surface area contributed by atoms with E-state index in [0.29, 0.717) is 11.6 Å². The summed E-state index contributed by atoms with van der Waals surface area (Å²) in [5.41, 5.74) is 0.447. The van der Waals surface area contributed by atoms with Crippen LogP contribution in [0, 0.1) is 0 Å². The summed E-state index contributed by atoms with van der Waals surface area (Å²) in [6, 6.07) is 10.4. The lowest BCUT2D eigenvalue weighted by molar-refractivity contribution is -0.140. The lowest BCUT2D eigenvalue weighted by Gasteiger charge is -2.36. The minimum absolute atomic E-state index is 0. The summed E-state index contributed by atoms with van der Waals surface area (Å²) >= 11 is 0.992. The van der Waals surface area contributed by atoms with Crippen LogP contribution in [0.25, 0.3) is 0 Å². The highest BCUT2D eigenvalue weighted by Crippen LogP contribution is 2.30. The van der Waals surface area contributed by atoms with Gasteiger partial charge >= 0.3 is 6.18 Å². The minimum Gasteiger partial charge on any atom is -0.357 e. The van der Waals surface area contributed by atoms with Gasteiger partial charge in [-0.3, -0.25) is 4.90 Å². The molecule has 0 saturated carbocycles. The summed E-state index contributed by atoms with van der Waals surface area (Å²) in [4.78, 5) is 12.7. The number of nitrogens with one attached hydrogen (secondary N) is 1. The molecule has 160 valence electrons. The minimum atomic E-state index is -4.40. The fraction of sp³-hybridized carbons (Fsp3) is 0.474. The number of aromatic nitrogens is 1. The van der Waals surface area contributed by atoms with Gasteiger partial charge in [0.1, 0.15) is 5.01 Å². The van der Waals surface area contributed by atoms with Crippen LogP contribution < -0.4 is 5.32 Å². The van der Waals surface area contributed by atoms with Gasteiger partial charge in [-0.1, -0.05) is 30.3 Å². The van der Waals surface area contributed by atoms with Gasteiger partial charge < -0.3 is 10.2 Å². The Labute approximate surface area is 190 Å². The largest absolute Gasteiger partial charge is 0.434 e. The molecule has 1 fully saturated rings. The fourth-order valence-corrected chi connectivity index (χ4v) is 3.77. The van der Waals surface area contributed by atoms with E-state index >= 15 is 0 Å². The molecular formula is C19H25F3IN5S. The van der Waals surface area contributed by atoms with E-state index in [4.69, 9.17) is 0 Å². The van der Waals surface area contributed by atoms with E-state index in [9.17, 15) is 13.2 Å². The van der Waals surface area contributed by atoms with Crippen LogP contribution in [-0.2, 0) is 19.3 Å². The quantitative estimate of drug-likeness (QED) is 0.354. The number of alkyl halides is 3. The summed E-state index contributed by atoms with van der Waals surface area (Å²) in [5.74, 6) is 0.727. The maximum Gasteiger partial charge on any atom is 0.434 e. The zero-order chi connectivity index (χ0) is 20.0. The molecule has 1 aromatic carbocycles. The number of nitrogens with zero attached hydrogens (tertiary/aromatic N) is 4. The van der Waals surface area contributed by atoms with Crippen LogP contribution in [-0.4, -0.2) is 53.5 Å². The third-order valence-electron chi connectivity index (χ3n) is 4.46. The van der Waals surface area contributed by atoms with Gasteiger partial charge in [0.15, 0.2) is 11.7 Å². The van der Waals surface area contributed by atoms with Gasteiger partial charge in [0.25, 0.3) is 0 Å². The number of aliphatic imine (C=N–C) groups is 1. The number of benzene rings is 1. The summed E-state index contributed by atoms with van der Waals surface area (Å²) in [7, 11) is 0. The van der Waals surface area contributed by atoms with Crippen molar-refractivity contribution in [1.82, 2.24) is 20.1 Å². The van der Waals surface area contributed by atoms with Gasteiger partial charge in [-0.15, -0.1) is 35.3 Å². The van der Waals surface area contributed by atoms with E-state index in [1.54, 1.807) is 0 Å². The third-order valence-corrected chi connectivity index (χ3v) is 5.30. The Kier molecular flexibility index (Phi) is 9.15. The molecule has 1 N–H and O–H groups in total. The zero-order valence-electron chi connectivity index (χ0n) is 16.2. The van der Waals surface area contributed by atoms with Crippen molar-refractivity contribution >= 4 is 41.3 Å². The number of halogens is 4. The summed E-state index contributed by atoms with van der Waals surface area (Å²) in [6.45, 7) is 7.22. The van der Waals surface area contributed by atoms with Gasteiger partial charge in [-0.25, -0.2) is 9.98 Å². The van der Waals surface area contributed by atoms with Crippen molar-refractivity contribution in [3.63, 3.8) is 0 Å². The first-order chi connectivity index (χ1) is 13.5.